The van der Waals surface area contributed by atoms with Gasteiger partial charge in [0.05, 0.1) is 11.0 Å². The highest BCUT2D eigenvalue weighted by Gasteiger charge is 2.60. The molecule has 0 spiro atoms. The molecule has 0 aliphatic heterocycles. The van der Waals surface area contributed by atoms with E-state index in [0.29, 0.717) is 23.8 Å². The summed E-state index contributed by atoms with van der Waals surface area (Å²) in [6.45, 7) is -0.231. The first kappa shape index (κ1) is 16.3. The SMILES string of the molecule is O=C(COC(=O)C12C[C@@H]3C[C@@H](CC(O)(C3)C1)C2)c1cccc(Br)c1. The van der Waals surface area contributed by atoms with E-state index < -0.39 is 11.0 Å². The van der Waals surface area contributed by atoms with Crippen molar-refractivity contribution in [3.05, 3.63) is 34.3 Å². The Morgan fingerprint density at radius 2 is 1.92 bits per heavy atom. The van der Waals surface area contributed by atoms with Crippen LogP contribution in [0.5, 0.6) is 0 Å². The van der Waals surface area contributed by atoms with Gasteiger partial charge in [0.25, 0.3) is 0 Å². The van der Waals surface area contributed by atoms with E-state index in [9.17, 15) is 14.7 Å². The van der Waals surface area contributed by atoms with Gasteiger partial charge < -0.3 is 9.84 Å². The normalized spacial score (nSPS) is 36.6. The fourth-order valence-corrected chi connectivity index (χ4v) is 5.88. The molecule has 24 heavy (non-hydrogen) atoms. The van der Waals surface area contributed by atoms with Crippen molar-refractivity contribution in [2.45, 2.75) is 44.1 Å². The van der Waals surface area contributed by atoms with Crippen LogP contribution in [0.3, 0.4) is 0 Å². The molecule has 4 nitrogen and oxygen atoms in total. The van der Waals surface area contributed by atoms with Gasteiger partial charge in [-0.3, -0.25) is 9.59 Å². The second-order valence-corrected chi connectivity index (χ2v) is 8.89. The highest BCUT2D eigenvalue weighted by Crippen LogP contribution is 2.61. The van der Waals surface area contributed by atoms with Crippen LogP contribution in [-0.2, 0) is 9.53 Å². The van der Waals surface area contributed by atoms with Crippen LogP contribution < -0.4 is 0 Å². The lowest BCUT2D eigenvalue weighted by Gasteiger charge is -2.58. The summed E-state index contributed by atoms with van der Waals surface area (Å²) < 4.78 is 6.24. The van der Waals surface area contributed by atoms with Crippen LogP contribution in [0.15, 0.2) is 28.7 Å². The van der Waals surface area contributed by atoms with Crippen LogP contribution in [-0.4, -0.2) is 29.1 Å². The van der Waals surface area contributed by atoms with Gasteiger partial charge in [-0.15, -0.1) is 0 Å². The first-order chi connectivity index (χ1) is 11.4. The van der Waals surface area contributed by atoms with E-state index in [2.05, 4.69) is 15.9 Å². The van der Waals surface area contributed by atoms with E-state index >= 15 is 0 Å². The summed E-state index contributed by atoms with van der Waals surface area (Å²) in [7, 11) is 0. The lowest BCUT2D eigenvalue weighted by molar-refractivity contribution is -0.195. The minimum atomic E-state index is -0.697. The number of carbonyl (C=O) groups excluding carboxylic acids is 2. The Labute approximate surface area is 149 Å². The fourth-order valence-electron chi connectivity index (χ4n) is 5.48. The molecule has 0 radical (unpaired) electrons. The average Bonchev–Trinajstić information content (AvgIpc) is 2.49. The first-order valence-corrected chi connectivity index (χ1v) is 9.35. The van der Waals surface area contributed by atoms with Crippen molar-refractivity contribution in [1.29, 1.82) is 0 Å². The van der Waals surface area contributed by atoms with Gasteiger partial charge in [0, 0.05) is 10.0 Å². The summed E-state index contributed by atoms with van der Waals surface area (Å²) in [5.74, 6) is 0.348. The molecule has 0 amide bonds. The van der Waals surface area contributed by atoms with Crippen LogP contribution in [0, 0.1) is 17.3 Å². The molecule has 0 heterocycles. The van der Waals surface area contributed by atoms with Crippen molar-refractivity contribution in [3.8, 4) is 0 Å². The van der Waals surface area contributed by atoms with Crippen molar-refractivity contribution in [3.63, 3.8) is 0 Å². The molecule has 1 aromatic carbocycles. The van der Waals surface area contributed by atoms with Gasteiger partial charge in [-0.1, -0.05) is 28.1 Å². The molecule has 4 saturated carbocycles. The molecule has 4 bridgehead atoms. The molecule has 4 atom stereocenters. The Kier molecular flexibility index (Phi) is 3.84. The number of hydrogen-bond acceptors (Lipinski definition) is 4. The van der Waals surface area contributed by atoms with Crippen molar-refractivity contribution >= 4 is 27.7 Å². The molecule has 1 N–H and O–H groups in total. The zero-order valence-corrected chi connectivity index (χ0v) is 15.0. The maximum atomic E-state index is 12.7. The quantitative estimate of drug-likeness (QED) is 0.628. The number of benzene rings is 1. The predicted octanol–water partition coefficient (Wildman–Crippen LogP) is 3.51. The van der Waals surface area contributed by atoms with E-state index in [1.165, 1.54) is 0 Å². The molecule has 0 aromatic heterocycles. The highest BCUT2D eigenvalue weighted by atomic mass is 79.9. The molecule has 4 fully saturated rings. The lowest BCUT2D eigenvalue weighted by atomic mass is 9.48. The number of ether oxygens (including phenoxy) is 1. The third kappa shape index (κ3) is 2.82. The van der Waals surface area contributed by atoms with E-state index in [1.54, 1.807) is 18.2 Å². The number of aliphatic hydroxyl groups is 1. The smallest absolute Gasteiger partial charge is 0.312 e. The Bertz CT molecular complexity index is 684. The van der Waals surface area contributed by atoms with E-state index in [1.807, 2.05) is 6.07 Å². The molecule has 128 valence electrons. The number of rotatable bonds is 4. The van der Waals surface area contributed by atoms with Gasteiger partial charge in [0.15, 0.2) is 12.4 Å². The van der Waals surface area contributed by atoms with E-state index in [0.717, 1.165) is 36.6 Å². The monoisotopic (exact) mass is 392 g/mol. The third-order valence-corrected chi connectivity index (χ3v) is 6.44. The number of ketones is 1. The summed E-state index contributed by atoms with van der Waals surface area (Å²) in [5.41, 5.74) is -0.741. The standard InChI is InChI=1S/C19H21BrO4/c20-15-3-1-2-14(5-15)16(21)10-24-17(22)18-6-12-4-13(7-18)9-19(23,8-12)11-18/h1-3,5,12-13,23H,4,6-11H2/t12-,13+,18?,19?. The minimum Gasteiger partial charge on any atom is -0.457 e. The second kappa shape index (κ2) is 5.67. The summed E-state index contributed by atoms with van der Waals surface area (Å²) in [5, 5.41) is 10.7. The molecule has 2 unspecified atom stereocenters. The molecule has 1 aromatic rings. The average molecular weight is 393 g/mol. The van der Waals surface area contributed by atoms with Crippen molar-refractivity contribution in [2.24, 2.45) is 17.3 Å². The zero-order chi connectivity index (χ0) is 16.9. The van der Waals surface area contributed by atoms with Gasteiger partial charge in [-0.05, 0) is 62.5 Å². The van der Waals surface area contributed by atoms with Crippen LogP contribution in [0.25, 0.3) is 0 Å². The van der Waals surface area contributed by atoms with Crippen molar-refractivity contribution < 1.29 is 19.4 Å². The van der Waals surface area contributed by atoms with Gasteiger partial charge in [0.1, 0.15) is 0 Å². The van der Waals surface area contributed by atoms with Crippen LogP contribution >= 0.6 is 15.9 Å². The maximum Gasteiger partial charge on any atom is 0.312 e. The molecular weight excluding hydrogens is 372 g/mol. The van der Waals surface area contributed by atoms with Crippen molar-refractivity contribution in [1.82, 2.24) is 0 Å². The Hall–Kier alpha value is -1.20. The number of hydrogen-bond donors (Lipinski definition) is 1. The minimum absolute atomic E-state index is 0.201. The van der Waals surface area contributed by atoms with Gasteiger partial charge >= 0.3 is 5.97 Å². The summed E-state index contributed by atoms with van der Waals surface area (Å²) in [6, 6.07) is 7.07. The topological polar surface area (TPSA) is 63.6 Å². The van der Waals surface area contributed by atoms with E-state index in [4.69, 9.17) is 4.74 Å². The molecule has 4 aliphatic rings. The number of esters is 1. The summed E-state index contributed by atoms with van der Waals surface area (Å²) in [4.78, 5) is 25.0. The predicted molar refractivity (Wildman–Crippen MR) is 91.5 cm³/mol. The third-order valence-electron chi connectivity index (χ3n) is 5.94. The number of Topliss-reactive ketones (excluding diaryl/α,β-unsaturated/α-hetero) is 1. The largest absolute Gasteiger partial charge is 0.457 e. The molecule has 5 rings (SSSR count). The van der Waals surface area contributed by atoms with Gasteiger partial charge in [0.2, 0.25) is 0 Å². The Balaban J connectivity index is 1.44. The highest BCUT2D eigenvalue weighted by molar-refractivity contribution is 9.10. The molecule has 5 heteroatoms. The summed E-state index contributed by atoms with van der Waals surface area (Å²) in [6.07, 6.45) is 4.85. The van der Waals surface area contributed by atoms with Crippen molar-refractivity contribution in [2.75, 3.05) is 6.61 Å². The fraction of sp³-hybridized carbons (Fsp3) is 0.579. The second-order valence-electron chi connectivity index (χ2n) is 7.98. The van der Waals surface area contributed by atoms with E-state index in [-0.39, 0.29) is 18.4 Å². The summed E-state index contributed by atoms with van der Waals surface area (Å²) >= 11 is 3.34. The lowest BCUT2D eigenvalue weighted by Crippen LogP contribution is -2.58. The van der Waals surface area contributed by atoms with Gasteiger partial charge in [-0.2, -0.15) is 0 Å². The van der Waals surface area contributed by atoms with Crippen LogP contribution in [0.4, 0.5) is 0 Å². The van der Waals surface area contributed by atoms with Gasteiger partial charge in [-0.25, -0.2) is 0 Å². The molecule has 0 saturated heterocycles. The Morgan fingerprint density at radius 3 is 2.54 bits per heavy atom. The zero-order valence-electron chi connectivity index (χ0n) is 13.5. The first-order valence-electron chi connectivity index (χ1n) is 8.56. The molecular formula is C19H21BrO4. The maximum absolute atomic E-state index is 12.7. The van der Waals surface area contributed by atoms with Crippen LogP contribution in [0.1, 0.15) is 48.9 Å². The number of carbonyl (C=O) groups is 2. The Morgan fingerprint density at radius 1 is 1.21 bits per heavy atom. The van der Waals surface area contributed by atoms with Crippen LogP contribution in [0.2, 0.25) is 0 Å². The number of halogens is 1. The molecule has 4 aliphatic carbocycles.